The normalized spacial score (nSPS) is 11.2. The molecule has 0 radical (unpaired) electrons. The Morgan fingerprint density at radius 2 is 1.12 bits per heavy atom. The van der Waals surface area contributed by atoms with Gasteiger partial charge >= 0.3 is 0 Å². The predicted molar refractivity (Wildman–Crippen MR) is 41.8 cm³/mol. The molecule has 2 heteroatoms. The summed E-state index contributed by atoms with van der Waals surface area (Å²) in [7, 11) is -0.488. The second kappa shape index (κ2) is 3.42. The molecule has 0 amide bonds. The van der Waals surface area contributed by atoms with Crippen LogP contribution in [0.1, 0.15) is 13.8 Å². The van der Waals surface area contributed by atoms with E-state index in [1.54, 1.807) is 0 Å². The van der Waals surface area contributed by atoms with Crippen LogP contribution in [-0.4, -0.2) is 31.1 Å². The maximum atomic E-state index is 2.37. The van der Waals surface area contributed by atoms with Gasteiger partial charge in [-0.2, -0.15) is 0 Å². The molecule has 0 fully saturated rings. The first-order chi connectivity index (χ1) is 2.94. The number of hydrogen-bond donors (Lipinski definition) is 0. The van der Waals surface area contributed by atoms with Crippen LogP contribution in [-0.2, 0) is 0 Å². The zero-order chi connectivity index (χ0) is 6.08. The Balaban J connectivity index is 0. The van der Waals surface area contributed by atoms with Crippen molar-refractivity contribution in [3.05, 3.63) is 0 Å². The largest absolute Gasteiger partial charge is 0.870 e. The highest BCUT2D eigenvalue weighted by Gasteiger charge is 2.21. The third kappa shape index (κ3) is 4.55. The van der Waals surface area contributed by atoms with Crippen LogP contribution in [0.25, 0.3) is 0 Å². The Morgan fingerprint density at radius 3 is 1.12 bits per heavy atom. The Kier molecular flexibility index (Phi) is 4.80. The lowest BCUT2D eigenvalue weighted by Gasteiger charge is -2.15. The Morgan fingerprint density at radius 1 is 1.00 bits per heavy atom. The van der Waals surface area contributed by atoms with Gasteiger partial charge in [0.15, 0.2) is 0 Å². The second-order valence-corrected chi connectivity index (χ2v) is 8.48. The summed E-state index contributed by atoms with van der Waals surface area (Å²) in [6.45, 7) is 11.7. The fraction of sp³-hybridized carbons (Fsp3) is 1.00. The van der Waals surface area contributed by atoms with Crippen molar-refractivity contribution < 1.29 is 5.48 Å². The molecule has 0 bridgehead atoms. The van der Waals surface area contributed by atoms with Crippen LogP contribution < -0.4 is 0 Å². The van der Waals surface area contributed by atoms with Gasteiger partial charge < -0.3 is 5.48 Å². The summed E-state index contributed by atoms with van der Waals surface area (Å²) in [6, 6.07) is 0. The standard InChI is InChI=1S/C6H16P.H2O/c1-6(2)7(3,4)5;/h6H,1-5H3;1H2/q+1;/p-1. The molecular weight excluding hydrogens is 119 g/mol. The van der Waals surface area contributed by atoms with Gasteiger partial charge in [-0.3, -0.25) is 0 Å². The van der Waals surface area contributed by atoms with Crippen LogP contribution in [0.3, 0.4) is 0 Å². The monoisotopic (exact) mass is 136 g/mol. The molecule has 52 valence electrons. The summed E-state index contributed by atoms with van der Waals surface area (Å²) < 4.78 is 0. The summed E-state index contributed by atoms with van der Waals surface area (Å²) in [6.07, 6.45) is 0. The average molecular weight is 136 g/mol. The lowest BCUT2D eigenvalue weighted by Crippen LogP contribution is -1.99. The van der Waals surface area contributed by atoms with Crippen LogP contribution in [0.5, 0.6) is 0 Å². The molecule has 0 aliphatic rings. The summed E-state index contributed by atoms with van der Waals surface area (Å²) >= 11 is 0. The van der Waals surface area contributed by atoms with Gasteiger partial charge in [0, 0.05) is 27.3 Å². The van der Waals surface area contributed by atoms with Gasteiger partial charge in [0.2, 0.25) is 0 Å². The third-order valence-corrected chi connectivity index (χ3v) is 4.65. The highest BCUT2D eigenvalue weighted by atomic mass is 31.2. The Labute approximate surface area is 53.1 Å². The van der Waals surface area contributed by atoms with E-state index < -0.39 is 7.26 Å². The van der Waals surface area contributed by atoms with Gasteiger partial charge in [-0.05, 0) is 13.8 Å². The molecule has 0 aromatic carbocycles. The van der Waals surface area contributed by atoms with E-state index >= 15 is 0 Å². The molecule has 0 unspecified atom stereocenters. The number of hydrogen-bond acceptors (Lipinski definition) is 1. The van der Waals surface area contributed by atoms with E-state index in [1.807, 2.05) is 0 Å². The van der Waals surface area contributed by atoms with Gasteiger partial charge in [-0.1, -0.05) is 0 Å². The minimum Gasteiger partial charge on any atom is -0.870 e. The minimum atomic E-state index is -0.488. The van der Waals surface area contributed by atoms with E-state index in [1.165, 1.54) is 0 Å². The Hall–Kier alpha value is 0.390. The third-order valence-electron chi connectivity index (χ3n) is 1.55. The summed E-state index contributed by atoms with van der Waals surface area (Å²) in [5.74, 6) is 0. The lowest BCUT2D eigenvalue weighted by molar-refractivity contribution is 0.824. The first kappa shape index (κ1) is 11.2. The summed E-state index contributed by atoms with van der Waals surface area (Å²) in [5, 5.41) is 0. The van der Waals surface area contributed by atoms with Crippen LogP contribution in [0.15, 0.2) is 0 Å². The maximum absolute atomic E-state index is 2.37. The minimum absolute atomic E-state index is 0. The molecule has 1 N–H and O–H groups in total. The van der Waals surface area contributed by atoms with E-state index in [9.17, 15) is 0 Å². The molecule has 8 heavy (non-hydrogen) atoms. The molecule has 0 aromatic rings. The van der Waals surface area contributed by atoms with E-state index in [4.69, 9.17) is 0 Å². The van der Waals surface area contributed by atoms with Crippen molar-refractivity contribution in [3.8, 4) is 0 Å². The quantitative estimate of drug-likeness (QED) is 0.508. The van der Waals surface area contributed by atoms with Crippen LogP contribution in [0.2, 0.25) is 0 Å². The van der Waals surface area contributed by atoms with Gasteiger partial charge in [0.05, 0.1) is 5.66 Å². The van der Waals surface area contributed by atoms with Crippen molar-refractivity contribution >= 4 is 7.26 Å². The van der Waals surface area contributed by atoms with Crippen molar-refractivity contribution in [3.63, 3.8) is 0 Å². The first-order valence-corrected chi connectivity index (χ1v) is 5.95. The molecule has 0 aliphatic heterocycles. The highest BCUT2D eigenvalue weighted by Crippen LogP contribution is 2.51. The molecule has 0 saturated heterocycles. The average Bonchev–Trinajstić information content (AvgIpc) is 1.31. The van der Waals surface area contributed by atoms with Crippen LogP contribution in [0.4, 0.5) is 0 Å². The van der Waals surface area contributed by atoms with Gasteiger partial charge in [-0.25, -0.2) is 0 Å². The molecule has 0 saturated carbocycles. The van der Waals surface area contributed by atoms with Crippen LogP contribution in [0, 0.1) is 0 Å². The van der Waals surface area contributed by atoms with Crippen molar-refractivity contribution in [2.75, 3.05) is 20.0 Å². The van der Waals surface area contributed by atoms with Crippen molar-refractivity contribution in [2.45, 2.75) is 19.5 Å². The second-order valence-electron chi connectivity index (χ2n) is 3.21. The summed E-state index contributed by atoms with van der Waals surface area (Å²) in [5.41, 5.74) is 0.910. The number of rotatable bonds is 1. The predicted octanol–water partition coefficient (Wildman–Crippen LogP) is 2.12. The van der Waals surface area contributed by atoms with Gasteiger partial charge in [0.1, 0.15) is 0 Å². The van der Waals surface area contributed by atoms with Gasteiger partial charge in [-0.15, -0.1) is 0 Å². The van der Waals surface area contributed by atoms with E-state index in [2.05, 4.69) is 33.8 Å². The molecular formula is C6H17OP. The van der Waals surface area contributed by atoms with E-state index in [0.29, 0.717) is 0 Å². The SMILES string of the molecule is CC(C)[P+](C)(C)C.[OH-]. The van der Waals surface area contributed by atoms with Crippen molar-refractivity contribution in [1.29, 1.82) is 0 Å². The lowest BCUT2D eigenvalue weighted by atomic mass is 10.6. The molecule has 0 aliphatic carbocycles. The zero-order valence-corrected chi connectivity index (χ0v) is 7.37. The Bertz CT molecular complexity index is 54.0. The smallest absolute Gasteiger partial charge is 0.0633 e. The molecule has 0 spiro atoms. The zero-order valence-electron chi connectivity index (χ0n) is 6.47. The fourth-order valence-electron chi connectivity index (χ4n) is 0. The molecule has 0 heterocycles. The molecule has 0 rings (SSSR count). The van der Waals surface area contributed by atoms with E-state index in [0.717, 1.165) is 5.66 Å². The molecule has 0 atom stereocenters. The highest BCUT2D eigenvalue weighted by molar-refractivity contribution is 7.74. The maximum Gasteiger partial charge on any atom is 0.0633 e. The van der Waals surface area contributed by atoms with Crippen molar-refractivity contribution in [2.24, 2.45) is 0 Å². The van der Waals surface area contributed by atoms with Crippen molar-refractivity contribution in [1.82, 2.24) is 0 Å². The fourth-order valence-corrected chi connectivity index (χ4v) is 0. The molecule has 1 nitrogen and oxygen atoms in total. The first-order valence-electron chi connectivity index (χ1n) is 2.75. The van der Waals surface area contributed by atoms with E-state index in [-0.39, 0.29) is 5.48 Å². The van der Waals surface area contributed by atoms with Crippen LogP contribution >= 0.6 is 7.26 Å². The topological polar surface area (TPSA) is 30.0 Å². The summed E-state index contributed by atoms with van der Waals surface area (Å²) in [4.78, 5) is 0. The molecule has 0 aromatic heterocycles. The van der Waals surface area contributed by atoms with Gasteiger partial charge in [0.25, 0.3) is 0 Å².